The summed E-state index contributed by atoms with van der Waals surface area (Å²) in [5.41, 5.74) is 8.00. The number of nitro benzene ring substituents is 1. The third-order valence-electron chi connectivity index (χ3n) is 3.00. The Morgan fingerprint density at radius 2 is 2.00 bits per heavy atom. The van der Waals surface area contributed by atoms with E-state index in [1.165, 1.54) is 0 Å². The van der Waals surface area contributed by atoms with Gasteiger partial charge in [-0.3, -0.25) is 10.1 Å². The van der Waals surface area contributed by atoms with Crippen molar-refractivity contribution in [1.29, 1.82) is 0 Å². The summed E-state index contributed by atoms with van der Waals surface area (Å²) in [6.45, 7) is 9.76. The van der Waals surface area contributed by atoms with Gasteiger partial charge in [0.15, 0.2) is 5.69 Å². The summed E-state index contributed by atoms with van der Waals surface area (Å²) in [4.78, 5) is 15.1. The SMILES string of the molecule is CCC(C)=Nc1c(N)cc(C(C)(C)C)cc1[N+](=O)[O-]. The molecule has 0 saturated carbocycles. The van der Waals surface area contributed by atoms with Gasteiger partial charge in [-0.15, -0.1) is 0 Å². The number of nitrogens with zero attached hydrogens (tertiary/aromatic N) is 2. The molecule has 0 bridgehead atoms. The molecule has 19 heavy (non-hydrogen) atoms. The summed E-state index contributed by atoms with van der Waals surface area (Å²) in [6.07, 6.45) is 0.734. The first-order valence-electron chi connectivity index (χ1n) is 6.29. The van der Waals surface area contributed by atoms with Gasteiger partial charge in [0.05, 0.1) is 10.6 Å². The van der Waals surface area contributed by atoms with E-state index in [4.69, 9.17) is 5.73 Å². The monoisotopic (exact) mass is 263 g/mol. The predicted molar refractivity (Wildman–Crippen MR) is 79.3 cm³/mol. The molecule has 1 aromatic rings. The van der Waals surface area contributed by atoms with Crippen LogP contribution in [0, 0.1) is 10.1 Å². The highest BCUT2D eigenvalue weighted by Crippen LogP contribution is 2.38. The number of rotatable bonds is 3. The molecule has 5 nitrogen and oxygen atoms in total. The van der Waals surface area contributed by atoms with Crippen LogP contribution in [-0.2, 0) is 5.41 Å². The van der Waals surface area contributed by atoms with Gasteiger partial charge < -0.3 is 5.73 Å². The van der Waals surface area contributed by atoms with Crippen molar-refractivity contribution in [2.45, 2.75) is 46.5 Å². The van der Waals surface area contributed by atoms with Crippen molar-refractivity contribution in [2.24, 2.45) is 4.99 Å². The summed E-state index contributed by atoms with van der Waals surface area (Å²) in [7, 11) is 0. The van der Waals surface area contributed by atoms with Crippen molar-refractivity contribution < 1.29 is 4.92 Å². The number of nitro groups is 1. The van der Waals surface area contributed by atoms with Crippen molar-refractivity contribution in [1.82, 2.24) is 0 Å². The lowest BCUT2D eigenvalue weighted by molar-refractivity contribution is -0.384. The van der Waals surface area contributed by atoms with Crippen molar-refractivity contribution in [3.8, 4) is 0 Å². The number of benzene rings is 1. The van der Waals surface area contributed by atoms with Crippen molar-refractivity contribution in [2.75, 3.05) is 5.73 Å². The maximum atomic E-state index is 11.2. The molecule has 0 spiro atoms. The first-order chi connectivity index (χ1) is 8.66. The van der Waals surface area contributed by atoms with E-state index in [-0.39, 0.29) is 16.8 Å². The molecule has 1 aromatic carbocycles. The largest absolute Gasteiger partial charge is 0.397 e. The molecule has 104 valence electrons. The Bertz CT molecular complexity index is 528. The minimum atomic E-state index is -0.423. The second-order valence-electron chi connectivity index (χ2n) is 5.64. The molecular formula is C14H21N3O2. The molecule has 0 aliphatic carbocycles. The second kappa shape index (κ2) is 5.38. The first-order valence-corrected chi connectivity index (χ1v) is 6.29. The summed E-state index contributed by atoms with van der Waals surface area (Å²) >= 11 is 0. The minimum absolute atomic E-state index is 0.0299. The van der Waals surface area contributed by atoms with Crippen LogP contribution in [0.1, 0.15) is 46.6 Å². The molecule has 0 aliphatic heterocycles. The van der Waals surface area contributed by atoms with E-state index in [0.29, 0.717) is 5.69 Å². The highest BCUT2D eigenvalue weighted by Gasteiger charge is 2.23. The maximum absolute atomic E-state index is 11.2. The molecule has 5 heteroatoms. The molecule has 0 amide bonds. The Labute approximate surface area is 113 Å². The fourth-order valence-electron chi connectivity index (χ4n) is 1.61. The molecule has 0 unspecified atom stereocenters. The van der Waals surface area contributed by atoms with Gasteiger partial charge in [0, 0.05) is 11.8 Å². The van der Waals surface area contributed by atoms with Crippen LogP contribution in [-0.4, -0.2) is 10.6 Å². The van der Waals surface area contributed by atoms with Gasteiger partial charge in [-0.25, -0.2) is 4.99 Å². The molecule has 0 radical (unpaired) electrons. The minimum Gasteiger partial charge on any atom is -0.397 e. The summed E-state index contributed by atoms with van der Waals surface area (Å²) in [5.74, 6) is 0. The Kier molecular flexibility index (Phi) is 4.29. The first kappa shape index (κ1) is 15.1. The van der Waals surface area contributed by atoms with Crippen LogP contribution in [0.15, 0.2) is 17.1 Å². The van der Waals surface area contributed by atoms with E-state index in [2.05, 4.69) is 4.99 Å². The van der Waals surface area contributed by atoms with Gasteiger partial charge in [-0.2, -0.15) is 0 Å². The molecule has 0 fully saturated rings. The molecule has 0 aromatic heterocycles. The molecule has 0 saturated heterocycles. The zero-order chi connectivity index (χ0) is 14.8. The van der Waals surface area contributed by atoms with Crippen LogP contribution in [0.5, 0.6) is 0 Å². The number of nitrogen functional groups attached to an aromatic ring is 1. The fraction of sp³-hybridized carbons (Fsp3) is 0.500. The van der Waals surface area contributed by atoms with E-state index in [9.17, 15) is 10.1 Å². The number of hydrogen-bond acceptors (Lipinski definition) is 4. The van der Waals surface area contributed by atoms with Crippen molar-refractivity contribution in [3.05, 3.63) is 27.8 Å². The molecule has 2 N–H and O–H groups in total. The lowest BCUT2D eigenvalue weighted by Gasteiger charge is -2.20. The standard InChI is InChI=1S/C14H21N3O2/c1-6-9(2)16-13-11(15)7-10(14(3,4)5)8-12(13)17(18)19/h7-8H,6,15H2,1-5H3. The maximum Gasteiger partial charge on any atom is 0.297 e. The highest BCUT2D eigenvalue weighted by molar-refractivity contribution is 5.88. The predicted octanol–water partition coefficient (Wildman–Crippen LogP) is 3.98. The van der Waals surface area contributed by atoms with E-state index in [1.54, 1.807) is 12.1 Å². The Morgan fingerprint density at radius 1 is 1.42 bits per heavy atom. The van der Waals surface area contributed by atoms with Crippen molar-refractivity contribution >= 4 is 22.8 Å². The summed E-state index contributed by atoms with van der Waals surface area (Å²) in [6, 6.07) is 3.34. The van der Waals surface area contributed by atoms with Gasteiger partial charge in [0.2, 0.25) is 0 Å². The average Bonchev–Trinajstić information content (AvgIpc) is 2.29. The van der Waals surface area contributed by atoms with E-state index in [1.807, 2.05) is 34.6 Å². The number of aliphatic imine (C=N–C) groups is 1. The fourth-order valence-corrected chi connectivity index (χ4v) is 1.61. The zero-order valence-electron chi connectivity index (χ0n) is 12.2. The molecule has 0 heterocycles. The van der Waals surface area contributed by atoms with E-state index in [0.717, 1.165) is 17.7 Å². The quantitative estimate of drug-likeness (QED) is 0.387. The zero-order valence-corrected chi connectivity index (χ0v) is 12.2. The van der Waals surface area contributed by atoms with Crippen LogP contribution in [0.4, 0.5) is 17.1 Å². The molecule has 1 rings (SSSR count). The Hall–Kier alpha value is -1.91. The number of nitrogens with two attached hydrogens (primary N) is 1. The average molecular weight is 263 g/mol. The van der Waals surface area contributed by atoms with E-state index < -0.39 is 4.92 Å². The summed E-state index contributed by atoms with van der Waals surface area (Å²) < 4.78 is 0. The Morgan fingerprint density at radius 3 is 2.42 bits per heavy atom. The van der Waals surface area contributed by atoms with Gasteiger partial charge in [-0.05, 0) is 30.4 Å². The van der Waals surface area contributed by atoms with Gasteiger partial charge in [0.25, 0.3) is 5.69 Å². The normalized spacial score (nSPS) is 12.6. The van der Waals surface area contributed by atoms with E-state index >= 15 is 0 Å². The van der Waals surface area contributed by atoms with Crippen LogP contribution in [0.25, 0.3) is 0 Å². The molecule has 0 atom stereocenters. The highest BCUT2D eigenvalue weighted by atomic mass is 16.6. The lowest BCUT2D eigenvalue weighted by Crippen LogP contribution is -2.12. The van der Waals surface area contributed by atoms with Crippen molar-refractivity contribution in [3.63, 3.8) is 0 Å². The molecule has 0 aliphatic rings. The second-order valence-corrected chi connectivity index (χ2v) is 5.64. The van der Waals surface area contributed by atoms with Gasteiger partial charge in [0.1, 0.15) is 0 Å². The van der Waals surface area contributed by atoms with Gasteiger partial charge >= 0.3 is 0 Å². The smallest absolute Gasteiger partial charge is 0.297 e. The van der Waals surface area contributed by atoms with Crippen LogP contribution < -0.4 is 5.73 Å². The lowest BCUT2D eigenvalue weighted by atomic mass is 9.86. The third-order valence-corrected chi connectivity index (χ3v) is 3.00. The summed E-state index contributed by atoms with van der Waals surface area (Å²) in [5, 5.41) is 11.2. The topological polar surface area (TPSA) is 81.5 Å². The number of hydrogen-bond donors (Lipinski definition) is 1. The Balaban J connectivity index is 3.53. The number of anilines is 1. The third kappa shape index (κ3) is 3.53. The van der Waals surface area contributed by atoms with Gasteiger partial charge in [-0.1, -0.05) is 27.7 Å². The van der Waals surface area contributed by atoms with Crippen LogP contribution >= 0.6 is 0 Å². The molecular weight excluding hydrogens is 242 g/mol. The van der Waals surface area contributed by atoms with Crippen LogP contribution in [0.2, 0.25) is 0 Å². The van der Waals surface area contributed by atoms with Crippen LogP contribution in [0.3, 0.4) is 0 Å².